The van der Waals surface area contributed by atoms with E-state index in [0.717, 1.165) is 5.56 Å². The van der Waals surface area contributed by atoms with Gasteiger partial charge in [-0.2, -0.15) is 0 Å². The summed E-state index contributed by atoms with van der Waals surface area (Å²) < 4.78 is 10.3. The molecule has 1 N–H and O–H groups in total. The van der Waals surface area contributed by atoms with Crippen LogP contribution in [0.4, 0.5) is 0 Å². The van der Waals surface area contributed by atoms with Crippen LogP contribution in [-0.2, 0) is 9.47 Å². The fourth-order valence-corrected chi connectivity index (χ4v) is 1.84. The molecule has 0 heterocycles. The Morgan fingerprint density at radius 3 is 1.94 bits per heavy atom. The van der Waals surface area contributed by atoms with Gasteiger partial charge in [0.2, 0.25) is 0 Å². The van der Waals surface area contributed by atoms with E-state index in [1.165, 1.54) is 0 Å². The lowest BCUT2D eigenvalue weighted by molar-refractivity contribution is -0.106. The summed E-state index contributed by atoms with van der Waals surface area (Å²) in [4.78, 5) is 11.0. The van der Waals surface area contributed by atoms with Gasteiger partial charge in [0.25, 0.3) is 0 Å². The Kier molecular flexibility index (Phi) is 4.04. The Morgan fingerprint density at radius 1 is 1.19 bits per heavy atom. The third-order valence-electron chi connectivity index (χ3n) is 2.47. The molecule has 0 spiro atoms. The van der Waals surface area contributed by atoms with Crippen molar-refractivity contribution < 1.29 is 19.4 Å². The average molecular weight is 224 g/mol. The number of ether oxygens (including phenoxy) is 2. The van der Waals surface area contributed by atoms with Crippen LogP contribution in [0.25, 0.3) is 0 Å². The van der Waals surface area contributed by atoms with E-state index in [1.54, 1.807) is 40.2 Å². The Labute approximate surface area is 94.8 Å². The minimum absolute atomic E-state index is 0.342. The molecule has 1 aromatic rings. The van der Waals surface area contributed by atoms with Gasteiger partial charge >= 0.3 is 5.97 Å². The van der Waals surface area contributed by atoms with Crippen molar-refractivity contribution in [3.63, 3.8) is 0 Å². The van der Waals surface area contributed by atoms with E-state index in [0.29, 0.717) is 16.7 Å². The Morgan fingerprint density at radius 2 is 1.62 bits per heavy atom. The molecule has 0 bridgehead atoms. The normalized spacial score (nSPS) is 10.8. The molecule has 0 saturated carbocycles. The summed E-state index contributed by atoms with van der Waals surface area (Å²) in [7, 11) is 3.09. The molecule has 0 amide bonds. The predicted octanol–water partition coefficient (Wildman–Crippen LogP) is 2.29. The molecule has 0 aliphatic rings. The van der Waals surface area contributed by atoms with Crippen LogP contribution in [0.2, 0.25) is 0 Å². The maximum absolute atomic E-state index is 11.0. The maximum atomic E-state index is 11.0. The number of carboxylic acids is 1. The van der Waals surface area contributed by atoms with Crippen LogP contribution in [0.15, 0.2) is 12.1 Å². The highest BCUT2D eigenvalue weighted by Gasteiger charge is 2.16. The van der Waals surface area contributed by atoms with Gasteiger partial charge in [-0.15, -0.1) is 0 Å². The zero-order valence-corrected chi connectivity index (χ0v) is 9.90. The van der Waals surface area contributed by atoms with Crippen molar-refractivity contribution in [2.75, 3.05) is 14.2 Å². The van der Waals surface area contributed by atoms with Crippen LogP contribution < -0.4 is 0 Å². The van der Waals surface area contributed by atoms with Gasteiger partial charge in [-0.25, -0.2) is 4.79 Å². The van der Waals surface area contributed by atoms with E-state index < -0.39 is 12.3 Å². The molecule has 1 rings (SSSR count). The quantitative estimate of drug-likeness (QED) is 0.797. The highest BCUT2D eigenvalue weighted by molar-refractivity contribution is 5.91. The lowest BCUT2D eigenvalue weighted by Crippen LogP contribution is -2.08. The summed E-state index contributed by atoms with van der Waals surface area (Å²) >= 11 is 0. The van der Waals surface area contributed by atoms with Gasteiger partial charge < -0.3 is 14.6 Å². The number of aromatic carboxylic acids is 1. The predicted molar refractivity (Wildman–Crippen MR) is 59.6 cm³/mol. The van der Waals surface area contributed by atoms with Crippen molar-refractivity contribution in [2.24, 2.45) is 0 Å². The first kappa shape index (κ1) is 12.7. The minimum atomic E-state index is -0.909. The number of carboxylic acid groups (broad SMARTS) is 1. The van der Waals surface area contributed by atoms with E-state index in [1.807, 2.05) is 0 Å². The number of hydrogen-bond acceptors (Lipinski definition) is 3. The highest BCUT2D eigenvalue weighted by Crippen LogP contribution is 2.23. The SMILES string of the molecule is COC(OC)c1cc(C)c(C(=O)O)c(C)c1. The summed E-state index contributed by atoms with van der Waals surface area (Å²) in [5, 5.41) is 9.03. The summed E-state index contributed by atoms with van der Waals surface area (Å²) in [6.45, 7) is 3.53. The highest BCUT2D eigenvalue weighted by atomic mass is 16.7. The van der Waals surface area contributed by atoms with Crippen molar-refractivity contribution in [3.8, 4) is 0 Å². The van der Waals surface area contributed by atoms with Crippen molar-refractivity contribution in [1.29, 1.82) is 0 Å². The minimum Gasteiger partial charge on any atom is -0.478 e. The molecule has 0 radical (unpaired) electrons. The van der Waals surface area contributed by atoms with Gasteiger partial charge in [-0.3, -0.25) is 0 Å². The van der Waals surface area contributed by atoms with E-state index in [9.17, 15) is 4.79 Å². The number of rotatable bonds is 4. The monoisotopic (exact) mass is 224 g/mol. The van der Waals surface area contributed by atoms with Crippen molar-refractivity contribution in [3.05, 3.63) is 34.4 Å². The average Bonchev–Trinajstić information content (AvgIpc) is 2.17. The lowest BCUT2D eigenvalue weighted by atomic mass is 9.99. The zero-order valence-electron chi connectivity index (χ0n) is 9.90. The van der Waals surface area contributed by atoms with Crippen LogP contribution in [0, 0.1) is 13.8 Å². The molecule has 88 valence electrons. The smallest absolute Gasteiger partial charge is 0.336 e. The number of aryl methyl sites for hydroxylation is 2. The van der Waals surface area contributed by atoms with E-state index in [2.05, 4.69) is 0 Å². The van der Waals surface area contributed by atoms with Gasteiger partial charge in [0.1, 0.15) is 0 Å². The van der Waals surface area contributed by atoms with Gasteiger partial charge in [0.05, 0.1) is 5.56 Å². The van der Waals surface area contributed by atoms with E-state index in [4.69, 9.17) is 14.6 Å². The molecule has 0 aliphatic heterocycles. The molecule has 0 saturated heterocycles. The fraction of sp³-hybridized carbons (Fsp3) is 0.417. The third-order valence-corrected chi connectivity index (χ3v) is 2.47. The second kappa shape index (κ2) is 5.09. The van der Waals surface area contributed by atoms with Gasteiger partial charge in [0, 0.05) is 19.8 Å². The lowest BCUT2D eigenvalue weighted by Gasteiger charge is -2.16. The molecule has 0 aliphatic carbocycles. The summed E-state index contributed by atoms with van der Waals surface area (Å²) in [6.07, 6.45) is -0.458. The van der Waals surface area contributed by atoms with Crippen LogP contribution in [0.3, 0.4) is 0 Å². The van der Waals surface area contributed by atoms with Gasteiger partial charge in [0.15, 0.2) is 6.29 Å². The molecular formula is C12H16O4. The van der Waals surface area contributed by atoms with E-state index in [-0.39, 0.29) is 0 Å². The van der Waals surface area contributed by atoms with Crippen LogP contribution in [-0.4, -0.2) is 25.3 Å². The molecule has 4 heteroatoms. The fourth-order valence-electron chi connectivity index (χ4n) is 1.84. The summed E-state index contributed by atoms with van der Waals surface area (Å²) in [5.74, 6) is -0.909. The number of benzene rings is 1. The van der Waals surface area contributed by atoms with Crippen LogP contribution >= 0.6 is 0 Å². The number of methoxy groups -OCH3 is 2. The molecular weight excluding hydrogens is 208 g/mol. The van der Waals surface area contributed by atoms with Crippen molar-refractivity contribution in [2.45, 2.75) is 20.1 Å². The Bertz CT molecular complexity index is 371. The van der Waals surface area contributed by atoms with Crippen LogP contribution in [0.1, 0.15) is 33.3 Å². The molecule has 1 aromatic carbocycles. The number of hydrogen-bond donors (Lipinski definition) is 1. The Hall–Kier alpha value is -1.39. The standard InChI is InChI=1S/C12H16O4/c1-7-5-9(12(15-3)16-4)6-8(2)10(7)11(13)14/h5-6,12H,1-4H3,(H,13,14). The third kappa shape index (κ3) is 2.40. The first-order valence-corrected chi connectivity index (χ1v) is 4.91. The Balaban J connectivity index is 3.23. The molecule has 0 atom stereocenters. The first-order chi connectivity index (χ1) is 7.51. The molecule has 0 unspecified atom stereocenters. The second-order valence-electron chi connectivity index (χ2n) is 3.64. The van der Waals surface area contributed by atoms with Crippen molar-refractivity contribution >= 4 is 5.97 Å². The molecule has 16 heavy (non-hydrogen) atoms. The molecule has 4 nitrogen and oxygen atoms in total. The van der Waals surface area contributed by atoms with Gasteiger partial charge in [-0.1, -0.05) is 12.1 Å². The topological polar surface area (TPSA) is 55.8 Å². The summed E-state index contributed by atoms with van der Waals surface area (Å²) in [6, 6.07) is 3.54. The number of carbonyl (C=O) groups is 1. The zero-order chi connectivity index (χ0) is 12.3. The second-order valence-corrected chi connectivity index (χ2v) is 3.64. The largest absolute Gasteiger partial charge is 0.478 e. The van der Waals surface area contributed by atoms with Crippen molar-refractivity contribution in [1.82, 2.24) is 0 Å². The summed E-state index contributed by atoms with van der Waals surface area (Å²) in [5.41, 5.74) is 2.59. The van der Waals surface area contributed by atoms with E-state index >= 15 is 0 Å². The van der Waals surface area contributed by atoms with Crippen LogP contribution in [0.5, 0.6) is 0 Å². The first-order valence-electron chi connectivity index (χ1n) is 4.91. The molecule has 0 fully saturated rings. The molecule has 0 aromatic heterocycles. The van der Waals surface area contributed by atoms with Gasteiger partial charge in [-0.05, 0) is 25.0 Å². The maximum Gasteiger partial charge on any atom is 0.336 e.